The number of anilines is 1. The summed E-state index contributed by atoms with van der Waals surface area (Å²) < 4.78 is 37.5. The standard InChI is InChI=1S/C21H20FN3O3S/c1-25-21(16-5-8-18(22)9-6-16)17(13-23-25)7-12-20(26)24-19-10-3-15(4-11-19)14-29(2,27)28/h3-13H,14H2,1-2H3,(H,24,26)/b12-7+. The number of aromatic nitrogens is 2. The largest absolute Gasteiger partial charge is 0.323 e. The summed E-state index contributed by atoms with van der Waals surface area (Å²) in [6.07, 6.45) is 5.82. The van der Waals surface area contributed by atoms with Crippen molar-refractivity contribution in [1.82, 2.24) is 9.78 Å². The Labute approximate surface area is 168 Å². The van der Waals surface area contributed by atoms with Gasteiger partial charge in [-0.15, -0.1) is 0 Å². The van der Waals surface area contributed by atoms with Crippen LogP contribution in [0.3, 0.4) is 0 Å². The van der Waals surface area contributed by atoms with E-state index in [0.717, 1.165) is 16.8 Å². The van der Waals surface area contributed by atoms with Gasteiger partial charge in [-0.2, -0.15) is 5.10 Å². The number of benzene rings is 2. The zero-order valence-electron chi connectivity index (χ0n) is 16.0. The van der Waals surface area contributed by atoms with Gasteiger partial charge in [-0.05, 0) is 48.0 Å². The lowest BCUT2D eigenvalue weighted by atomic mass is 10.1. The van der Waals surface area contributed by atoms with E-state index in [9.17, 15) is 17.6 Å². The van der Waals surface area contributed by atoms with Crippen molar-refractivity contribution in [2.24, 2.45) is 7.05 Å². The van der Waals surface area contributed by atoms with Gasteiger partial charge in [0.25, 0.3) is 0 Å². The molecule has 1 aromatic heterocycles. The molecule has 0 atom stereocenters. The van der Waals surface area contributed by atoms with Crippen LogP contribution in [0, 0.1) is 5.82 Å². The van der Waals surface area contributed by atoms with Crippen molar-refractivity contribution in [2.75, 3.05) is 11.6 Å². The summed E-state index contributed by atoms with van der Waals surface area (Å²) in [4.78, 5) is 12.2. The number of nitrogens with zero attached hydrogens (tertiary/aromatic N) is 2. The average Bonchev–Trinajstić information content (AvgIpc) is 3.02. The molecule has 1 N–H and O–H groups in total. The van der Waals surface area contributed by atoms with Gasteiger partial charge >= 0.3 is 0 Å². The van der Waals surface area contributed by atoms with Gasteiger partial charge in [0.2, 0.25) is 5.91 Å². The van der Waals surface area contributed by atoms with Crippen molar-refractivity contribution in [1.29, 1.82) is 0 Å². The molecule has 1 heterocycles. The number of rotatable bonds is 6. The third kappa shape index (κ3) is 5.61. The fourth-order valence-electron chi connectivity index (χ4n) is 2.87. The zero-order chi connectivity index (χ0) is 21.0. The van der Waals surface area contributed by atoms with E-state index in [1.807, 2.05) is 0 Å². The second-order valence-corrected chi connectivity index (χ2v) is 8.81. The van der Waals surface area contributed by atoms with E-state index in [1.54, 1.807) is 60.4 Å². The summed E-state index contributed by atoms with van der Waals surface area (Å²) in [6.45, 7) is 0. The van der Waals surface area contributed by atoms with E-state index in [2.05, 4.69) is 10.4 Å². The molecular weight excluding hydrogens is 393 g/mol. The number of amides is 1. The van der Waals surface area contributed by atoms with Crippen LogP contribution in [-0.2, 0) is 27.4 Å². The van der Waals surface area contributed by atoms with Crippen molar-refractivity contribution in [3.63, 3.8) is 0 Å². The van der Waals surface area contributed by atoms with Crippen molar-refractivity contribution in [3.8, 4) is 11.3 Å². The zero-order valence-corrected chi connectivity index (χ0v) is 16.8. The second kappa shape index (κ2) is 8.40. The Balaban J connectivity index is 1.71. The molecule has 8 heteroatoms. The van der Waals surface area contributed by atoms with Crippen LogP contribution in [0.5, 0.6) is 0 Å². The topological polar surface area (TPSA) is 81.1 Å². The third-order valence-electron chi connectivity index (χ3n) is 4.15. The van der Waals surface area contributed by atoms with Crippen molar-refractivity contribution in [3.05, 3.63) is 77.7 Å². The number of hydrogen-bond donors (Lipinski definition) is 1. The molecule has 0 unspecified atom stereocenters. The molecule has 0 spiro atoms. The van der Waals surface area contributed by atoms with Gasteiger partial charge in [0, 0.05) is 36.2 Å². The Hall–Kier alpha value is -3.26. The highest BCUT2D eigenvalue weighted by atomic mass is 32.2. The normalized spacial score (nSPS) is 11.7. The van der Waals surface area contributed by atoms with Crippen LogP contribution in [-0.4, -0.2) is 30.4 Å². The van der Waals surface area contributed by atoms with Crippen molar-refractivity contribution >= 4 is 27.5 Å². The van der Waals surface area contributed by atoms with Gasteiger partial charge in [0.05, 0.1) is 17.6 Å². The number of nitrogens with one attached hydrogen (secondary N) is 1. The van der Waals surface area contributed by atoms with Gasteiger partial charge < -0.3 is 5.32 Å². The van der Waals surface area contributed by atoms with Crippen LogP contribution in [0.4, 0.5) is 10.1 Å². The van der Waals surface area contributed by atoms with E-state index in [-0.39, 0.29) is 17.5 Å². The monoisotopic (exact) mass is 413 g/mol. The predicted molar refractivity (Wildman–Crippen MR) is 111 cm³/mol. The summed E-state index contributed by atoms with van der Waals surface area (Å²) in [6, 6.07) is 12.7. The molecule has 2 aromatic carbocycles. The van der Waals surface area contributed by atoms with Gasteiger partial charge in [-0.25, -0.2) is 12.8 Å². The summed E-state index contributed by atoms with van der Waals surface area (Å²) in [5.41, 5.74) is 3.48. The van der Waals surface area contributed by atoms with Crippen LogP contribution >= 0.6 is 0 Å². The maximum absolute atomic E-state index is 13.2. The molecular formula is C21H20FN3O3S. The molecule has 0 aliphatic rings. The minimum Gasteiger partial charge on any atom is -0.323 e. The number of sulfone groups is 1. The first-order chi connectivity index (χ1) is 13.7. The fraction of sp³-hybridized carbons (Fsp3) is 0.143. The van der Waals surface area contributed by atoms with Crippen LogP contribution in [0.1, 0.15) is 11.1 Å². The Morgan fingerprint density at radius 3 is 2.41 bits per heavy atom. The smallest absolute Gasteiger partial charge is 0.248 e. The Morgan fingerprint density at radius 1 is 1.14 bits per heavy atom. The highest BCUT2D eigenvalue weighted by molar-refractivity contribution is 7.89. The maximum atomic E-state index is 13.2. The molecule has 29 heavy (non-hydrogen) atoms. The van der Waals surface area contributed by atoms with Crippen LogP contribution < -0.4 is 5.32 Å². The van der Waals surface area contributed by atoms with Gasteiger partial charge in [0.1, 0.15) is 5.82 Å². The number of hydrogen-bond acceptors (Lipinski definition) is 4. The molecule has 3 aromatic rings. The third-order valence-corrected chi connectivity index (χ3v) is 5.01. The Bertz CT molecular complexity index is 1150. The van der Waals surface area contributed by atoms with Gasteiger partial charge in [0.15, 0.2) is 9.84 Å². The molecule has 0 aliphatic carbocycles. The number of carbonyl (C=O) groups excluding carboxylic acids is 1. The lowest BCUT2D eigenvalue weighted by Gasteiger charge is -2.05. The minimum atomic E-state index is -3.11. The quantitative estimate of drug-likeness (QED) is 0.628. The van der Waals surface area contributed by atoms with E-state index < -0.39 is 9.84 Å². The van der Waals surface area contributed by atoms with Crippen LogP contribution in [0.2, 0.25) is 0 Å². The van der Waals surface area contributed by atoms with Gasteiger partial charge in [-0.3, -0.25) is 9.48 Å². The molecule has 0 saturated carbocycles. The molecule has 150 valence electrons. The molecule has 6 nitrogen and oxygen atoms in total. The first-order valence-electron chi connectivity index (χ1n) is 8.75. The first-order valence-corrected chi connectivity index (χ1v) is 10.8. The van der Waals surface area contributed by atoms with E-state index in [1.165, 1.54) is 24.5 Å². The Kier molecular flexibility index (Phi) is 5.93. The maximum Gasteiger partial charge on any atom is 0.248 e. The highest BCUT2D eigenvalue weighted by Crippen LogP contribution is 2.24. The first kappa shape index (κ1) is 20.5. The SMILES string of the molecule is Cn1ncc(/C=C/C(=O)Nc2ccc(CS(C)(=O)=O)cc2)c1-c1ccc(F)cc1. The molecule has 0 saturated heterocycles. The minimum absolute atomic E-state index is 0.0473. The molecule has 0 aliphatic heterocycles. The molecule has 0 fully saturated rings. The molecule has 0 radical (unpaired) electrons. The molecule has 3 rings (SSSR count). The number of aryl methyl sites for hydroxylation is 1. The van der Waals surface area contributed by atoms with Crippen LogP contribution in [0.15, 0.2) is 60.8 Å². The predicted octanol–water partition coefficient (Wildman–Crippen LogP) is 3.42. The molecule has 0 bridgehead atoms. The fourth-order valence-corrected chi connectivity index (χ4v) is 3.67. The van der Waals surface area contributed by atoms with Crippen molar-refractivity contribution < 1.29 is 17.6 Å². The van der Waals surface area contributed by atoms with Crippen LogP contribution in [0.25, 0.3) is 17.3 Å². The van der Waals surface area contributed by atoms with E-state index in [4.69, 9.17) is 0 Å². The van der Waals surface area contributed by atoms with E-state index in [0.29, 0.717) is 11.3 Å². The Morgan fingerprint density at radius 2 is 1.79 bits per heavy atom. The lowest BCUT2D eigenvalue weighted by Crippen LogP contribution is -2.08. The number of carbonyl (C=O) groups is 1. The van der Waals surface area contributed by atoms with Crippen molar-refractivity contribution in [2.45, 2.75) is 5.75 Å². The van der Waals surface area contributed by atoms with Gasteiger partial charge in [-0.1, -0.05) is 12.1 Å². The number of halogens is 1. The second-order valence-electron chi connectivity index (χ2n) is 6.67. The van der Waals surface area contributed by atoms with E-state index >= 15 is 0 Å². The average molecular weight is 413 g/mol. The lowest BCUT2D eigenvalue weighted by molar-refractivity contribution is -0.111. The summed E-state index contributed by atoms with van der Waals surface area (Å²) in [7, 11) is -1.34. The highest BCUT2D eigenvalue weighted by Gasteiger charge is 2.10. The summed E-state index contributed by atoms with van der Waals surface area (Å²) in [5.74, 6) is -0.710. The summed E-state index contributed by atoms with van der Waals surface area (Å²) in [5, 5.41) is 6.93. The summed E-state index contributed by atoms with van der Waals surface area (Å²) >= 11 is 0. The molecule has 1 amide bonds.